The molecular formula is C20H24N2O3. The van der Waals surface area contributed by atoms with Gasteiger partial charge in [0.1, 0.15) is 0 Å². The number of aliphatic hydroxyl groups excluding tert-OH is 1. The predicted molar refractivity (Wildman–Crippen MR) is 97.7 cm³/mol. The molecule has 1 aliphatic heterocycles. The third-order valence-corrected chi connectivity index (χ3v) is 4.41. The summed E-state index contributed by atoms with van der Waals surface area (Å²) in [6, 6.07) is 16.5. The van der Waals surface area contributed by atoms with Gasteiger partial charge in [-0.05, 0) is 36.2 Å². The summed E-state index contributed by atoms with van der Waals surface area (Å²) >= 11 is 0. The van der Waals surface area contributed by atoms with Crippen molar-refractivity contribution in [3.63, 3.8) is 0 Å². The van der Waals surface area contributed by atoms with Gasteiger partial charge in [-0.25, -0.2) is 0 Å². The summed E-state index contributed by atoms with van der Waals surface area (Å²) in [5, 5.41) is 13.2. The van der Waals surface area contributed by atoms with Gasteiger partial charge in [-0.2, -0.15) is 0 Å². The number of nitrogens with zero attached hydrogens (tertiary/aromatic N) is 1. The van der Waals surface area contributed by atoms with Gasteiger partial charge in [0.2, 0.25) is 0 Å². The van der Waals surface area contributed by atoms with E-state index in [0.717, 1.165) is 44.1 Å². The van der Waals surface area contributed by atoms with Crippen molar-refractivity contribution in [3.8, 4) is 0 Å². The van der Waals surface area contributed by atoms with Crippen molar-refractivity contribution >= 4 is 11.6 Å². The fourth-order valence-electron chi connectivity index (χ4n) is 2.88. The summed E-state index contributed by atoms with van der Waals surface area (Å²) < 4.78 is 5.33. The van der Waals surface area contributed by atoms with Crippen molar-refractivity contribution in [3.05, 3.63) is 65.7 Å². The van der Waals surface area contributed by atoms with Crippen molar-refractivity contribution in [1.29, 1.82) is 0 Å². The molecule has 1 heterocycles. The lowest BCUT2D eigenvalue weighted by Crippen LogP contribution is -2.37. The Labute approximate surface area is 148 Å². The van der Waals surface area contributed by atoms with Crippen LogP contribution in [0.3, 0.4) is 0 Å². The van der Waals surface area contributed by atoms with Crippen LogP contribution in [0.5, 0.6) is 0 Å². The topological polar surface area (TPSA) is 61.8 Å². The highest BCUT2D eigenvalue weighted by Crippen LogP contribution is 2.20. The molecule has 0 bridgehead atoms. The molecule has 1 fully saturated rings. The molecule has 1 atom stereocenters. The normalized spacial score (nSPS) is 16.4. The highest BCUT2D eigenvalue weighted by Gasteiger charge is 2.14. The van der Waals surface area contributed by atoms with Crippen LogP contribution in [0.4, 0.5) is 5.69 Å². The maximum absolute atomic E-state index is 12.1. The summed E-state index contributed by atoms with van der Waals surface area (Å²) in [5.74, 6) is -0.138. The minimum atomic E-state index is -0.498. The van der Waals surface area contributed by atoms with Crippen molar-refractivity contribution in [1.82, 2.24) is 4.90 Å². The van der Waals surface area contributed by atoms with Gasteiger partial charge in [0, 0.05) is 30.9 Å². The van der Waals surface area contributed by atoms with Crippen molar-refractivity contribution in [2.45, 2.75) is 12.5 Å². The molecule has 0 saturated carbocycles. The lowest BCUT2D eigenvalue weighted by molar-refractivity contribution is 0.0300. The summed E-state index contributed by atoms with van der Waals surface area (Å²) in [4.78, 5) is 14.4. The first-order valence-electron chi connectivity index (χ1n) is 8.67. The zero-order chi connectivity index (χ0) is 17.5. The van der Waals surface area contributed by atoms with Gasteiger partial charge >= 0.3 is 0 Å². The van der Waals surface area contributed by atoms with E-state index < -0.39 is 6.10 Å². The molecule has 0 radical (unpaired) electrons. The SMILES string of the molecule is O=C(Nc1ccc(C(O)CCN2CCOCC2)cc1)c1ccccc1. The van der Waals surface area contributed by atoms with Crippen LogP contribution in [-0.4, -0.2) is 48.8 Å². The van der Waals surface area contributed by atoms with E-state index in [-0.39, 0.29) is 5.91 Å². The molecule has 1 aliphatic rings. The van der Waals surface area contributed by atoms with Crippen molar-refractivity contribution in [2.75, 3.05) is 38.2 Å². The van der Waals surface area contributed by atoms with Gasteiger partial charge in [0.25, 0.3) is 5.91 Å². The third kappa shape index (κ3) is 5.13. The van der Waals surface area contributed by atoms with E-state index in [4.69, 9.17) is 4.74 Å². The first kappa shape index (κ1) is 17.6. The van der Waals surface area contributed by atoms with Gasteiger partial charge in [0.15, 0.2) is 0 Å². The van der Waals surface area contributed by atoms with Crippen LogP contribution in [0, 0.1) is 0 Å². The largest absolute Gasteiger partial charge is 0.388 e. The fourth-order valence-corrected chi connectivity index (χ4v) is 2.88. The van der Waals surface area contributed by atoms with Gasteiger partial charge in [-0.3, -0.25) is 9.69 Å². The Bertz CT molecular complexity index is 667. The number of anilines is 1. The summed E-state index contributed by atoms with van der Waals surface area (Å²) in [5.41, 5.74) is 2.21. The zero-order valence-corrected chi connectivity index (χ0v) is 14.2. The Morgan fingerprint density at radius 2 is 1.76 bits per heavy atom. The van der Waals surface area contributed by atoms with E-state index in [9.17, 15) is 9.90 Å². The molecule has 25 heavy (non-hydrogen) atoms. The number of carbonyl (C=O) groups excluding carboxylic acids is 1. The second-order valence-electron chi connectivity index (χ2n) is 6.20. The second kappa shape index (κ2) is 8.76. The maximum atomic E-state index is 12.1. The molecule has 1 saturated heterocycles. The average molecular weight is 340 g/mol. The monoisotopic (exact) mass is 340 g/mol. The van der Waals surface area contributed by atoms with Crippen LogP contribution < -0.4 is 5.32 Å². The minimum Gasteiger partial charge on any atom is -0.388 e. The minimum absolute atomic E-state index is 0.138. The van der Waals surface area contributed by atoms with Gasteiger partial charge in [0.05, 0.1) is 19.3 Å². The highest BCUT2D eigenvalue weighted by molar-refractivity contribution is 6.04. The predicted octanol–water partition coefficient (Wildman–Crippen LogP) is 2.69. The number of aliphatic hydroxyl groups is 1. The zero-order valence-electron chi connectivity index (χ0n) is 14.2. The lowest BCUT2D eigenvalue weighted by atomic mass is 10.1. The van der Waals surface area contributed by atoms with E-state index in [0.29, 0.717) is 12.0 Å². The number of benzene rings is 2. The highest BCUT2D eigenvalue weighted by atomic mass is 16.5. The van der Waals surface area contributed by atoms with Crippen LogP contribution in [0.25, 0.3) is 0 Å². The average Bonchev–Trinajstić information content (AvgIpc) is 2.68. The number of hydrogen-bond donors (Lipinski definition) is 2. The molecule has 1 unspecified atom stereocenters. The number of nitrogens with one attached hydrogen (secondary N) is 1. The van der Waals surface area contributed by atoms with E-state index in [1.165, 1.54) is 0 Å². The van der Waals surface area contributed by atoms with E-state index in [1.807, 2.05) is 42.5 Å². The Morgan fingerprint density at radius 3 is 2.44 bits per heavy atom. The molecule has 0 aromatic heterocycles. The second-order valence-corrected chi connectivity index (χ2v) is 6.20. The molecule has 2 N–H and O–H groups in total. The molecule has 0 spiro atoms. The Morgan fingerprint density at radius 1 is 1.08 bits per heavy atom. The Hall–Kier alpha value is -2.21. The third-order valence-electron chi connectivity index (χ3n) is 4.41. The van der Waals surface area contributed by atoms with E-state index >= 15 is 0 Å². The summed E-state index contributed by atoms with van der Waals surface area (Å²) in [7, 11) is 0. The number of carbonyl (C=O) groups is 1. The first-order valence-corrected chi connectivity index (χ1v) is 8.67. The summed E-state index contributed by atoms with van der Waals surface area (Å²) in [6.07, 6.45) is 0.192. The van der Waals surface area contributed by atoms with Crippen LogP contribution in [0.1, 0.15) is 28.4 Å². The van der Waals surface area contributed by atoms with Gasteiger partial charge in [-0.15, -0.1) is 0 Å². The number of rotatable bonds is 6. The molecule has 0 aliphatic carbocycles. The van der Waals surface area contributed by atoms with Crippen molar-refractivity contribution < 1.29 is 14.6 Å². The summed E-state index contributed by atoms with van der Waals surface area (Å²) in [6.45, 7) is 4.25. The number of amides is 1. The molecule has 5 nitrogen and oxygen atoms in total. The van der Waals surface area contributed by atoms with Crippen LogP contribution in [0.2, 0.25) is 0 Å². The molecule has 5 heteroatoms. The molecule has 3 rings (SSSR count). The van der Waals surface area contributed by atoms with Gasteiger partial charge in [-0.1, -0.05) is 30.3 Å². The van der Waals surface area contributed by atoms with E-state index in [1.54, 1.807) is 12.1 Å². The smallest absolute Gasteiger partial charge is 0.255 e. The first-order chi connectivity index (χ1) is 12.2. The molecular weight excluding hydrogens is 316 g/mol. The van der Waals surface area contributed by atoms with Gasteiger partial charge < -0.3 is 15.2 Å². The fraction of sp³-hybridized carbons (Fsp3) is 0.350. The Balaban J connectivity index is 1.51. The lowest BCUT2D eigenvalue weighted by Gasteiger charge is -2.27. The standard InChI is InChI=1S/C20H24N2O3/c23-19(10-11-22-12-14-25-15-13-22)16-6-8-18(9-7-16)21-20(24)17-4-2-1-3-5-17/h1-9,19,23H,10-15H2,(H,21,24). The maximum Gasteiger partial charge on any atom is 0.255 e. The molecule has 1 amide bonds. The van der Waals surface area contributed by atoms with E-state index in [2.05, 4.69) is 10.2 Å². The number of morpholine rings is 1. The van der Waals surface area contributed by atoms with Crippen LogP contribution in [-0.2, 0) is 4.74 Å². The number of ether oxygens (including phenoxy) is 1. The quantitative estimate of drug-likeness (QED) is 0.849. The molecule has 2 aromatic rings. The van der Waals surface area contributed by atoms with Crippen LogP contribution >= 0.6 is 0 Å². The molecule has 132 valence electrons. The van der Waals surface area contributed by atoms with Crippen molar-refractivity contribution in [2.24, 2.45) is 0 Å². The Kier molecular flexibility index (Phi) is 6.17. The van der Waals surface area contributed by atoms with Crippen LogP contribution in [0.15, 0.2) is 54.6 Å². The molecule has 2 aromatic carbocycles. The number of hydrogen-bond acceptors (Lipinski definition) is 4.